The number of rotatable bonds is 7. The molecule has 1 aromatic carbocycles. The standard InChI is InChI=1S/C19H16FN3O3/c1-3-5-13(4-2)12-26-19(25)18-17(24)6-7-23(22-18)16-9-14(11-21)8-15(20)10-16/h3-4,6-10,13H,1-2,5,12H2. The minimum Gasteiger partial charge on any atom is -0.460 e. The van der Waals surface area contributed by atoms with Crippen LogP contribution in [0.25, 0.3) is 5.69 Å². The van der Waals surface area contributed by atoms with Gasteiger partial charge >= 0.3 is 5.97 Å². The van der Waals surface area contributed by atoms with Crippen LogP contribution < -0.4 is 5.43 Å². The molecular formula is C19H16FN3O3. The lowest BCUT2D eigenvalue weighted by Crippen LogP contribution is -2.24. The summed E-state index contributed by atoms with van der Waals surface area (Å²) in [5.41, 5.74) is -0.771. The van der Waals surface area contributed by atoms with Gasteiger partial charge in [0.05, 0.1) is 23.9 Å². The Balaban J connectivity index is 2.30. The minimum absolute atomic E-state index is 0.0307. The fourth-order valence-corrected chi connectivity index (χ4v) is 2.16. The van der Waals surface area contributed by atoms with E-state index in [-0.39, 0.29) is 23.8 Å². The third-order valence-electron chi connectivity index (χ3n) is 3.51. The molecule has 1 aromatic heterocycles. The number of aromatic nitrogens is 2. The van der Waals surface area contributed by atoms with E-state index in [1.165, 1.54) is 12.3 Å². The monoisotopic (exact) mass is 353 g/mol. The van der Waals surface area contributed by atoms with Gasteiger partial charge in [-0.1, -0.05) is 12.2 Å². The molecule has 2 rings (SSSR count). The van der Waals surface area contributed by atoms with Crippen LogP contribution in [0.1, 0.15) is 22.5 Å². The van der Waals surface area contributed by atoms with E-state index in [1.54, 1.807) is 12.2 Å². The molecule has 0 saturated carbocycles. The van der Waals surface area contributed by atoms with Gasteiger partial charge in [0, 0.05) is 18.2 Å². The number of hydrogen-bond acceptors (Lipinski definition) is 5. The third-order valence-corrected chi connectivity index (χ3v) is 3.51. The van der Waals surface area contributed by atoms with Crippen LogP contribution in [-0.4, -0.2) is 22.4 Å². The van der Waals surface area contributed by atoms with E-state index in [0.717, 1.165) is 22.9 Å². The Bertz CT molecular complexity index is 944. The number of nitriles is 1. The fourth-order valence-electron chi connectivity index (χ4n) is 2.16. The average molecular weight is 353 g/mol. The largest absolute Gasteiger partial charge is 0.460 e. The number of allylic oxidation sites excluding steroid dienone is 1. The van der Waals surface area contributed by atoms with Gasteiger partial charge in [-0.2, -0.15) is 10.4 Å². The zero-order chi connectivity index (χ0) is 19.1. The highest BCUT2D eigenvalue weighted by Gasteiger charge is 2.17. The van der Waals surface area contributed by atoms with Gasteiger partial charge in [-0.3, -0.25) is 4.79 Å². The SMILES string of the molecule is C=CCC(C=C)COC(=O)c1nn(-c2cc(F)cc(C#N)c2)ccc1=O. The first-order valence-electron chi connectivity index (χ1n) is 7.70. The lowest BCUT2D eigenvalue weighted by Gasteiger charge is -2.11. The molecule has 7 heteroatoms. The fraction of sp³-hybridized carbons (Fsp3) is 0.158. The Morgan fingerprint density at radius 2 is 2.19 bits per heavy atom. The predicted octanol–water partition coefficient (Wildman–Crippen LogP) is 2.78. The number of hydrogen-bond donors (Lipinski definition) is 0. The first-order valence-corrected chi connectivity index (χ1v) is 7.70. The molecule has 6 nitrogen and oxygen atoms in total. The van der Waals surface area contributed by atoms with Crippen molar-refractivity contribution in [1.82, 2.24) is 9.78 Å². The van der Waals surface area contributed by atoms with E-state index in [2.05, 4.69) is 18.3 Å². The summed E-state index contributed by atoms with van der Waals surface area (Å²) in [6.07, 6.45) is 5.15. The first kappa shape index (κ1) is 18.8. The molecule has 0 amide bonds. The van der Waals surface area contributed by atoms with Gasteiger partial charge in [0.25, 0.3) is 0 Å². The average Bonchev–Trinajstić information content (AvgIpc) is 2.64. The summed E-state index contributed by atoms with van der Waals surface area (Å²) in [5, 5.41) is 12.8. The van der Waals surface area contributed by atoms with Crippen molar-refractivity contribution in [1.29, 1.82) is 5.26 Å². The Morgan fingerprint density at radius 1 is 1.42 bits per heavy atom. The lowest BCUT2D eigenvalue weighted by molar-refractivity contribution is 0.0455. The molecule has 2 aromatic rings. The van der Waals surface area contributed by atoms with Crippen LogP contribution in [-0.2, 0) is 4.74 Å². The molecule has 0 saturated heterocycles. The van der Waals surface area contributed by atoms with E-state index in [0.29, 0.717) is 6.42 Å². The van der Waals surface area contributed by atoms with Gasteiger partial charge < -0.3 is 4.74 Å². The van der Waals surface area contributed by atoms with Crippen molar-refractivity contribution < 1.29 is 13.9 Å². The van der Waals surface area contributed by atoms with Crippen molar-refractivity contribution in [3.05, 3.63) is 83.1 Å². The van der Waals surface area contributed by atoms with E-state index in [1.807, 2.05) is 6.07 Å². The lowest BCUT2D eigenvalue weighted by atomic mass is 10.1. The summed E-state index contributed by atoms with van der Waals surface area (Å²) in [7, 11) is 0. The molecule has 0 spiro atoms. The number of nitrogens with zero attached hydrogens (tertiary/aromatic N) is 3. The third kappa shape index (κ3) is 4.51. The summed E-state index contributed by atoms with van der Waals surface area (Å²) in [6, 6.07) is 6.52. The van der Waals surface area contributed by atoms with E-state index in [9.17, 15) is 14.0 Å². The number of benzene rings is 1. The van der Waals surface area contributed by atoms with Crippen LogP contribution in [0.3, 0.4) is 0 Å². The van der Waals surface area contributed by atoms with Crippen molar-refractivity contribution in [2.75, 3.05) is 6.61 Å². The number of carbonyl (C=O) groups excluding carboxylic acids is 1. The van der Waals surface area contributed by atoms with Gasteiger partial charge in [-0.05, 0) is 24.6 Å². The molecule has 0 radical (unpaired) electrons. The van der Waals surface area contributed by atoms with E-state index >= 15 is 0 Å². The second kappa shape index (κ2) is 8.53. The predicted molar refractivity (Wildman–Crippen MR) is 93.3 cm³/mol. The maximum absolute atomic E-state index is 13.6. The highest BCUT2D eigenvalue weighted by molar-refractivity contribution is 5.86. The number of esters is 1. The van der Waals surface area contributed by atoms with Gasteiger partial charge in [0.15, 0.2) is 0 Å². The van der Waals surface area contributed by atoms with E-state index < -0.39 is 22.9 Å². The maximum Gasteiger partial charge on any atom is 0.362 e. The molecule has 0 N–H and O–H groups in total. The Morgan fingerprint density at radius 3 is 2.85 bits per heavy atom. The highest BCUT2D eigenvalue weighted by Crippen LogP contribution is 2.12. The van der Waals surface area contributed by atoms with Crippen LogP contribution in [0, 0.1) is 23.1 Å². The summed E-state index contributed by atoms with van der Waals surface area (Å²) >= 11 is 0. The number of carbonyl (C=O) groups is 1. The normalized spacial score (nSPS) is 11.2. The molecule has 0 fully saturated rings. The first-order chi connectivity index (χ1) is 12.5. The Hall–Kier alpha value is -3.53. The second-order valence-corrected chi connectivity index (χ2v) is 5.40. The molecule has 26 heavy (non-hydrogen) atoms. The van der Waals surface area contributed by atoms with Gasteiger partial charge in [0.1, 0.15) is 5.82 Å². The van der Waals surface area contributed by atoms with Crippen molar-refractivity contribution in [3.63, 3.8) is 0 Å². The Kier molecular flexibility index (Phi) is 6.17. The van der Waals surface area contributed by atoms with Crippen molar-refractivity contribution in [2.24, 2.45) is 5.92 Å². The minimum atomic E-state index is -0.892. The highest BCUT2D eigenvalue weighted by atomic mass is 19.1. The van der Waals surface area contributed by atoms with Crippen LogP contribution in [0.15, 0.2) is 60.6 Å². The summed E-state index contributed by atoms with van der Waals surface area (Å²) in [4.78, 5) is 24.1. The van der Waals surface area contributed by atoms with Crippen LogP contribution in [0.5, 0.6) is 0 Å². The molecule has 0 bridgehead atoms. The van der Waals surface area contributed by atoms with Gasteiger partial charge in [-0.25, -0.2) is 13.9 Å². The number of halogens is 1. The van der Waals surface area contributed by atoms with Crippen molar-refractivity contribution >= 4 is 5.97 Å². The zero-order valence-corrected chi connectivity index (χ0v) is 13.9. The van der Waals surface area contributed by atoms with Crippen molar-refractivity contribution in [3.8, 4) is 11.8 Å². The molecule has 1 heterocycles. The number of ether oxygens (including phenoxy) is 1. The van der Waals surface area contributed by atoms with Gasteiger partial charge in [-0.15, -0.1) is 13.2 Å². The van der Waals surface area contributed by atoms with Crippen LogP contribution >= 0.6 is 0 Å². The summed E-state index contributed by atoms with van der Waals surface area (Å²) < 4.78 is 19.8. The molecule has 0 aliphatic carbocycles. The summed E-state index contributed by atoms with van der Waals surface area (Å²) in [5.74, 6) is -1.65. The summed E-state index contributed by atoms with van der Waals surface area (Å²) in [6.45, 7) is 7.28. The van der Waals surface area contributed by atoms with Gasteiger partial charge in [0.2, 0.25) is 11.1 Å². The smallest absolute Gasteiger partial charge is 0.362 e. The van der Waals surface area contributed by atoms with E-state index in [4.69, 9.17) is 10.00 Å². The maximum atomic E-state index is 13.6. The van der Waals surface area contributed by atoms with Crippen LogP contribution in [0.4, 0.5) is 4.39 Å². The quantitative estimate of drug-likeness (QED) is 0.564. The van der Waals surface area contributed by atoms with Crippen LogP contribution in [0.2, 0.25) is 0 Å². The van der Waals surface area contributed by atoms with Crippen molar-refractivity contribution in [2.45, 2.75) is 6.42 Å². The molecule has 1 unspecified atom stereocenters. The molecule has 0 aliphatic rings. The molecule has 0 aliphatic heterocycles. The second-order valence-electron chi connectivity index (χ2n) is 5.40. The molecule has 1 atom stereocenters. The molecule has 132 valence electrons. The Labute approximate surface area is 149 Å². The molecular weight excluding hydrogens is 337 g/mol. The topological polar surface area (TPSA) is 85.0 Å². The zero-order valence-electron chi connectivity index (χ0n) is 13.9.